The topological polar surface area (TPSA) is 73.8 Å². The zero-order chi connectivity index (χ0) is 39.9. The number of ether oxygens (including phenoxy) is 8. The predicted octanol–water partition coefficient (Wildman–Crippen LogP) is 9.88. The molecule has 5 aromatic carbocycles. The molecule has 0 amide bonds. The van der Waals surface area contributed by atoms with Gasteiger partial charge in [-0.25, -0.2) is 0 Å². The van der Waals surface area contributed by atoms with Crippen LogP contribution in [-0.4, -0.2) is 63.2 Å². The van der Waals surface area contributed by atoms with Crippen LogP contribution in [0.5, 0.6) is 0 Å². The summed E-state index contributed by atoms with van der Waals surface area (Å²) in [5, 5.41) is 0. The largest absolute Gasteiger partial charge is 0.379 e. The summed E-state index contributed by atoms with van der Waals surface area (Å²) in [6, 6.07) is 50.7. The minimum Gasteiger partial charge on any atom is -0.379 e. The first-order valence-electron chi connectivity index (χ1n) is 20.8. The highest BCUT2D eigenvalue weighted by Crippen LogP contribution is 2.32. The van der Waals surface area contributed by atoms with E-state index >= 15 is 0 Å². The lowest BCUT2D eigenvalue weighted by molar-refractivity contribution is -0.340. The van der Waals surface area contributed by atoms with Gasteiger partial charge < -0.3 is 37.9 Å². The van der Waals surface area contributed by atoms with Crippen molar-refractivity contribution >= 4 is 0 Å². The molecule has 0 unspecified atom stereocenters. The van der Waals surface area contributed by atoms with E-state index in [0.29, 0.717) is 46.2 Å². The Morgan fingerprint density at radius 1 is 0.448 bits per heavy atom. The molecule has 58 heavy (non-hydrogen) atoms. The first-order chi connectivity index (χ1) is 28.7. The number of benzene rings is 5. The molecule has 1 heterocycles. The van der Waals surface area contributed by atoms with Crippen LogP contribution in [0.2, 0.25) is 0 Å². The number of unbranched alkanes of at least 4 members (excludes halogenated alkanes) is 3. The maximum Gasteiger partial charge on any atom is 0.187 e. The highest BCUT2D eigenvalue weighted by atomic mass is 16.7. The summed E-state index contributed by atoms with van der Waals surface area (Å²) in [4.78, 5) is 0. The van der Waals surface area contributed by atoms with Crippen LogP contribution < -0.4 is 0 Å². The molecule has 1 aliphatic rings. The van der Waals surface area contributed by atoms with Gasteiger partial charge in [0.2, 0.25) is 0 Å². The molecule has 0 N–H and O–H groups in total. The molecule has 5 aromatic rings. The summed E-state index contributed by atoms with van der Waals surface area (Å²) in [5.74, 6) is 0. The van der Waals surface area contributed by atoms with Crippen molar-refractivity contribution in [2.75, 3.05) is 26.4 Å². The Hall–Kier alpha value is -4.22. The monoisotopic (exact) mass is 788 g/mol. The van der Waals surface area contributed by atoms with Crippen molar-refractivity contribution in [2.24, 2.45) is 0 Å². The summed E-state index contributed by atoms with van der Waals surface area (Å²) in [6.45, 7) is 5.61. The summed E-state index contributed by atoms with van der Waals surface area (Å²) < 4.78 is 53.5. The summed E-state index contributed by atoms with van der Waals surface area (Å²) >= 11 is 0. The molecule has 1 fully saturated rings. The minimum absolute atomic E-state index is 0.275. The van der Waals surface area contributed by atoms with Crippen molar-refractivity contribution in [1.82, 2.24) is 0 Å². The zero-order valence-corrected chi connectivity index (χ0v) is 33.9. The summed E-state index contributed by atoms with van der Waals surface area (Å²) in [7, 11) is 0. The fourth-order valence-corrected chi connectivity index (χ4v) is 6.90. The molecule has 0 radical (unpaired) electrons. The van der Waals surface area contributed by atoms with Crippen molar-refractivity contribution < 1.29 is 37.9 Å². The van der Waals surface area contributed by atoms with Gasteiger partial charge in [0, 0.05) is 6.61 Å². The second-order valence-corrected chi connectivity index (χ2v) is 14.7. The van der Waals surface area contributed by atoms with Crippen molar-refractivity contribution in [3.8, 4) is 0 Å². The van der Waals surface area contributed by atoms with Gasteiger partial charge in [-0.3, -0.25) is 0 Å². The second-order valence-electron chi connectivity index (χ2n) is 14.7. The standard InChI is InChI=1S/C50H60O8/c1-2-3-4-20-31-51-39-46-47(54-34-42-25-14-7-15-26-42)48(55-35-43-27-16-8-17-28-43)49(56-36-44-29-18-9-19-30-44)50(58-46)57-45(37-52-32-40-21-10-5-11-22-40)38-53-33-41-23-12-6-13-24-41/h5-19,21-30,45-50H,2-4,20,31-39H2,1H3/t46-,47+,48+,49-,50-/m1/s1. The SMILES string of the molecule is CCCCCCOC[C@H]1O[C@@H](OC(COCc2ccccc2)COCc2ccccc2)[C@H](OCc2ccccc2)[C@@H](OCc2ccccc2)[C@H]1OCc1ccccc1. The Morgan fingerprint density at radius 2 is 0.862 bits per heavy atom. The zero-order valence-electron chi connectivity index (χ0n) is 33.9. The van der Waals surface area contributed by atoms with Gasteiger partial charge in [-0.1, -0.05) is 178 Å². The second kappa shape index (κ2) is 25.3. The average molecular weight is 789 g/mol. The number of hydrogen-bond acceptors (Lipinski definition) is 8. The van der Waals surface area contributed by atoms with Crippen LogP contribution in [0, 0.1) is 0 Å². The maximum atomic E-state index is 6.97. The lowest BCUT2D eigenvalue weighted by atomic mass is 9.97. The third kappa shape index (κ3) is 14.9. The van der Waals surface area contributed by atoms with E-state index in [0.717, 1.165) is 47.1 Å². The highest BCUT2D eigenvalue weighted by Gasteiger charge is 2.49. The van der Waals surface area contributed by atoms with Crippen molar-refractivity contribution in [3.63, 3.8) is 0 Å². The molecule has 0 aliphatic carbocycles. The van der Waals surface area contributed by atoms with E-state index in [2.05, 4.69) is 67.6 Å². The predicted molar refractivity (Wildman–Crippen MR) is 226 cm³/mol. The number of hydrogen-bond donors (Lipinski definition) is 0. The van der Waals surface area contributed by atoms with Gasteiger partial charge in [0.25, 0.3) is 0 Å². The van der Waals surface area contributed by atoms with Gasteiger partial charge in [0.15, 0.2) is 6.29 Å². The third-order valence-corrected chi connectivity index (χ3v) is 10.0. The fraction of sp³-hybridized carbons (Fsp3) is 0.400. The van der Waals surface area contributed by atoms with Crippen LogP contribution in [0.15, 0.2) is 152 Å². The van der Waals surface area contributed by atoms with Gasteiger partial charge in [0.1, 0.15) is 30.5 Å². The molecular formula is C50H60O8. The normalized spacial score (nSPS) is 19.4. The molecule has 308 valence electrons. The van der Waals surface area contributed by atoms with Crippen LogP contribution in [0.4, 0.5) is 0 Å². The third-order valence-electron chi connectivity index (χ3n) is 10.0. The van der Waals surface area contributed by atoms with Gasteiger partial charge in [-0.2, -0.15) is 0 Å². The van der Waals surface area contributed by atoms with Gasteiger partial charge in [0.05, 0.1) is 52.9 Å². The fourth-order valence-electron chi connectivity index (χ4n) is 6.90. The molecule has 8 heteroatoms. The van der Waals surface area contributed by atoms with E-state index in [4.69, 9.17) is 37.9 Å². The van der Waals surface area contributed by atoms with Crippen LogP contribution >= 0.6 is 0 Å². The Kier molecular flexibility index (Phi) is 18.9. The average Bonchev–Trinajstić information content (AvgIpc) is 3.27. The Balaban J connectivity index is 1.28. The molecule has 1 aliphatic heterocycles. The van der Waals surface area contributed by atoms with Crippen LogP contribution in [0.1, 0.15) is 60.4 Å². The number of rotatable bonds is 26. The van der Waals surface area contributed by atoms with Crippen molar-refractivity contribution in [1.29, 1.82) is 0 Å². The van der Waals surface area contributed by atoms with E-state index in [9.17, 15) is 0 Å². The van der Waals surface area contributed by atoms with Crippen LogP contribution in [0.3, 0.4) is 0 Å². The van der Waals surface area contributed by atoms with E-state index in [1.54, 1.807) is 0 Å². The smallest absolute Gasteiger partial charge is 0.187 e. The Morgan fingerprint density at radius 3 is 1.31 bits per heavy atom. The van der Waals surface area contributed by atoms with Gasteiger partial charge >= 0.3 is 0 Å². The van der Waals surface area contributed by atoms with E-state index in [1.807, 2.05) is 91.0 Å². The molecule has 0 aromatic heterocycles. The van der Waals surface area contributed by atoms with Crippen LogP contribution in [-0.2, 0) is 70.9 Å². The summed E-state index contributed by atoms with van der Waals surface area (Å²) in [5.41, 5.74) is 5.27. The highest BCUT2D eigenvalue weighted by molar-refractivity contribution is 5.17. The quantitative estimate of drug-likeness (QED) is 0.0513. The lowest BCUT2D eigenvalue weighted by Crippen LogP contribution is -2.62. The van der Waals surface area contributed by atoms with Crippen molar-refractivity contribution in [2.45, 2.75) is 102 Å². The minimum atomic E-state index is -0.861. The molecule has 5 atom stereocenters. The molecular weight excluding hydrogens is 729 g/mol. The van der Waals surface area contributed by atoms with Gasteiger partial charge in [-0.05, 0) is 34.2 Å². The lowest BCUT2D eigenvalue weighted by Gasteiger charge is -2.46. The van der Waals surface area contributed by atoms with E-state index in [-0.39, 0.29) is 13.2 Å². The molecule has 0 saturated carbocycles. The molecule has 0 bridgehead atoms. The molecule has 8 nitrogen and oxygen atoms in total. The Labute approximate surface area is 345 Å². The van der Waals surface area contributed by atoms with Gasteiger partial charge in [-0.15, -0.1) is 0 Å². The molecule has 6 rings (SSSR count). The van der Waals surface area contributed by atoms with Crippen LogP contribution in [0.25, 0.3) is 0 Å². The van der Waals surface area contributed by atoms with E-state index < -0.39 is 36.8 Å². The maximum absolute atomic E-state index is 6.97. The van der Waals surface area contributed by atoms with Crippen molar-refractivity contribution in [3.05, 3.63) is 179 Å². The molecule has 0 spiro atoms. The Bertz CT molecular complexity index is 1720. The van der Waals surface area contributed by atoms with E-state index in [1.165, 1.54) is 6.42 Å². The first-order valence-corrected chi connectivity index (χ1v) is 20.8. The summed E-state index contributed by atoms with van der Waals surface area (Å²) in [6.07, 6.45) is 0.754. The molecule has 1 saturated heterocycles. The first kappa shape index (κ1) is 43.4.